The number of hydrogen-bond acceptors (Lipinski definition) is 3. The van der Waals surface area contributed by atoms with Gasteiger partial charge in [0.1, 0.15) is 6.07 Å². The monoisotopic (exact) mass is 635 g/mol. The zero-order valence-electron chi connectivity index (χ0n) is 26.7. The molecular weight excluding hydrogens is 611 g/mol. The van der Waals surface area contributed by atoms with Crippen molar-refractivity contribution in [3.8, 4) is 51.8 Å². The molecule has 0 saturated carbocycles. The number of nitriles is 3. The number of fused-ring (bicyclic) bond motifs is 6. The van der Waals surface area contributed by atoms with E-state index in [4.69, 9.17) is 0 Å². The van der Waals surface area contributed by atoms with Crippen LogP contribution in [0, 0.1) is 34.0 Å². The second-order valence-corrected chi connectivity index (χ2v) is 12.3. The first-order valence-corrected chi connectivity index (χ1v) is 16.3. The average molecular weight is 636 g/mol. The summed E-state index contributed by atoms with van der Waals surface area (Å²) >= 11 is 0. The molecule has 9 aromatic rings. The average Bonchev–Trinajstić information content (AvgIpc) is 3.70. The van der Waals surface area contributed by atoms with Gasteiger partial charge >= 0.3 is 0 Å². The Kier molecular flexibility index (Phi) is 6.56. The van der Waals surface area contributed by atoms with Gasteiger partial charge in [-0.05, 0) is 77.9 Å². The summed E-state index contributed by atoms with van der Waals surface area (Å²) in [6, 6.07) is 57.7. The third kappa shape index (κ3) is 4.31. The molecule has 9 rings (SSSR count). The summed E-state index contributed by atoms with van der Waals surface area (Å²) in [7, 11) is 0. The Morgan fingerprint density at radius 2 is 0.880 bits per heavy atom. The summed E-state index contributed by atoms with van der Waals surface area (Å²) in [4.78, 5) is 0. The molecule has 230 valence electrons. The van der Waals surface area contributed by atoms with Crippen LogP contribution in [0.2, 0.25) is 0 Å². The van der Waals surface area contributed by atoms with Gasteiger partial charge in [-0.25, -0.2) is 0 Å². The normalized spacial score (nSPS) is 11.1. The zero-order valence-corrected chi connectivity index (χ0v) is 26.7. The Morgan fingerprint density at radius 1 is 0.360 bits per heavy atom. The van der Waals surface area contributed by atoms with Crippen molar-refractivity contribution in [2.75, 3.05) is 0 Å². The maximum Gasteiger partial charge on any atom is 0.101 e. The van der Waals surface area contributed by atoms with E-state index < -0.39 is 0 Å². The molecule has 0 unspecified atom stereocenters. The van der Waals surface area contributed by atoms with Gasteiger partial charge in [-0.1, -0.05) is 84.9 Å². The molecule has 0 aliphatic rings. The van der Waals surface area contributed by atoms with E-state index in [1.54, 1.807) is 0 Å². The second-order valence-electron chi connectivity index (χ2n) is 12.3. The molecule has 0 radical (unpaired) electrons. The lowest BCUT2D eigenvalue weighted by Gasteiger charge is -2.16. The fraction of sp³-hybridized carbons (Fsp3) is 0. The van der Waals surface area contributed by atoms with E-state index in [0.717, 1.165) is 77.2 Å². The fourth-order valence-corrected chi connectivity index (χ4v) is 7.42. The fourth-order valence-electron chi connectivity index (χ4n) is 7.42. The molecule has 2 heterocycles. The molecule has 5 nitrogen and oxygen atoms in total. The van der Waals surface area contributed by atoms with Crippen molar-refractivity contribution < 1.29 is 0 Å². The summed E-state index contributed by atoms with van der Waals surface area (Å²) in [5, 5.41) is 34.6. The Balaban J connectivity index is 1.26. The van der Waals surface area contributed by atoms with Crippen LogP contribution in [0.25, 0.3) is 77.2 Å². The van der Waals surface area contributed by atoms with E-state index in [0.29, 0.717) is 16.7 Å². The smallest absolute Gasteiger partial charge is 0.101 e. The molecule has 2 aromatic heterocycles. The second kappa shape index (κ2) is 11.4. The van der Waals surface area contributed by atoms with Gasteiger partial charge in [0.2, 0.25) is 0 Å². The minimum Gasteiger partial charge on any atom is -0.309 e. The third-order valence-corrected chi connectivity index (χ3v) is 9.65. The highest BCUT2D eigenvalue weighted by molar-refractivity contribution is 6.11. The van der Waals surface area contributed by atoms with Gasteiger partial charge in [0.15, 0.2) is 0 Å². The summed E-state index contributed by atoms with van der Waals surface area (Å²) in [5.74, 6) is 0. The Labute approximate surface area is 287 Å². The number of nitrogens with zero attached hydrogens (tertiary/aromatic N) is 5. The van der Waals surface area contributed by atoms with Crippen LogP contribution in [0.4, 0.5) is 0 Å². The van der Waals surface area contributed by atoms with Crippen molar-refractivity contribution in [1.29, 1.82) is 15.8 Å². The number of aromatic nitrogens is 2. The molecule has 0 atom stereocenters. The Hall–Kier alpha value is -7.39. The predicted molar refractivity (Wildman–Crippen MR) is 200 cm³/mol. The van der Waals surface area contributed by atoms with Crippen molar-refractivity contribution >= 4 is 43.6 Å². The van der Waals surface area contributed by atoms with Gasteiger partial charge in [0.25, 0.3) is 0 Å². The van der Waals surface area contributed by atoms with Crippen LogP contribution in [-0.4, -0.2) is 9.13 Å². The number of benzene rings is 7. The molecular formula is C45H25N5. The molecule has 0 aliphatic carbocycles. The molecule has 0 bridgehead atoms. The lowest BCUT2D eigenvalue weighted by Crippen LogP contribution is -1.99. The van der Waals surface area contributed by atoms with Gasteiger partial charge in [-0.3, -0.25) is 0 Å². The molecule has 0 amide bonds. The van der Waals surface area contributed by atoms with Crippen LogP contribution < -0.4 is 0 Å². The van der Waals surface area contributed by atoms with Crippen molar-refractivity contribution in [3.05, 3.63) is 168 Å². The minimum absolute atomic E-state index is 0.546. The molecule has 0 aliphatic heterocycles. The highest BCUT2D eigenvalue weighted by atomic mass is 15.0. The van der Waals surface area contributed by atoms with E-state index in [9.17, 15) is 15.8 Å². The Morgan fingerprint density at radius 3 is 1.52 bits per heavy atom. The quantitative estimate of drug-likeness (QED) is 0.193. The first-order valence-electron chi connectivity index (χ1n) is 16.3. The topological polar surface area (TPSA) is 81.2 Å². The summed E-state index contributed by atoms with van der Waals surface area (Å²) in [6.07, 6.45) is 0. The predicted octanol–water partition coefficient (Wildman–Crippen LogP) is 10.8. The number of hydrogen-bond donors (Lipinski definition) is 0. The van der Waals surface area contributed by atoms with E-state index >= 15 is 0 Å². The van der Waals surface area contributed by atoms with Crippen LogP contribution in [-0.2, 0) is 0 Å². The van der Waals surface area contributed by atoms with Gasteiger partial charge in [0.05, 0.1) is 62.3 Å². The highest BCUT2D eigenvalue weighted by Crippen LogP contribution is 2.39. The number of para-hydroxylation sites is 4. The van der Waals surface area contributed by atoms with E-state index in [-0.39, 0.29) is 0 Å². The molecule has 0 N–H and O–H groups in total. The van der Waals surface area contributed by atoms with Gasteiger partial charge in [-0.2, -0.15) is 15.8 Å². The lowest BCUT2D eigenvalue weighted by atomic mass is 9.93. The highest BCUT2D eigenvalue weighted by Gasteiger charge is 2.19. The molecule has 5 heteroatoms. The van der Waals surface area contributed by atoms with E-state index in [1.807, 2.05) is 97.1 Å². The van der Waals surface area contributed by atoms with Crippen LogP contribution >= 0.6 is 0 Å². The summed E-state index contributed by atoms with van der Waals surface area (Å²) < 4.78 is 4.40. The first kappa shape index (κ1) is 28.8. The number of rotatable bonds is 4. The van der Waals surface area contributed by atoms with Crippen LogP contribution in [0.5, 0.6) is 0 Å². The maximum absolute atomic E-state index is 10.3. The SMILES string of the molecule is N#Cc1ccc2c(c1)c1ccccc1n2-c1ccccc1-c1ccc(C#N)c(-c2ccc(C#N)c(-n3c4ccccc4c4ccccc43)c2)c1. The largest absolute Gasteiger partial charge is 0.309 e. The van der Waals surface area contributed by atoms with Crippen LogP contribution in [0.15, 0.2) is 152 Å². The van der Waals surface area contributed by atoms with E-state index in [2.05, 4.69) is 81.9 Å². The van der Waals surface area contributed by atoms with Crippen molar-refractivity contribution in [1.82, 2.24) is 9.13 Å². The van der Waals surface area contributed by atoms with Crippen LogP contribution in [0.3, 0.4) is 0 Å². The molecule has 7 aromatic carbocycles. The van der Waals surface area contributed by atoms with Gasteiger partial charge in [-0.15, -0.1) is 0 Å². The molecule has 0 spiro atoms. The van der Waals surface area contributed by atoms with Gasteiger partial charge < -0.3 is 9.13 Å². The lowest BCUT2D eigenvalue weighted by molar-refractivity contribution is 1.17. The summed E-state index contributed by atoms with van der Waals surface area (Å²) in [5.41, 5.74) is 11.1. The maximum atomic E-state index is 10.3. The minimum atomic E-state index is 0.546. The zero-order chi connectivity index (χ0) is 33.8. The van der Waals surface area contributed by atoms with Crippen molar-refractivity contribution in [2.45, 2.75) is 0 Å². The first-order chi connectivity index (χ1) is 24.7. The van der Waals surface area contributed by atoms with Crippen LogP contribution in [0.1, 0.15) is 16.7 Å². The summed E-state index contributed by atoms with van der Waals surface area (Å²) in [6.45, 7) is 0. The third-order valence-electron chi connectivity index (χ3n) is 9.65. The standard InChI is InChI=1S/C45H25N5/c46-26-29-17-22-44-39(23-29)37-12-4-8-16-43(37)49(44)40-13-5-1-9-34(40)30-18-20-32(27-47)38(24-30)31-19-21-33(28-48)45(25-31)50-41-14-6-2-10-35(41)36-11-3-7-15-42(36)50/h1-25H. The molecule has 0 saturated heterocycles. The van der Waals surface area contributed by atoms with Gasteiger partial charge in [0, 0.05) is 32.7 Å². The van der Waals surface area contributed by atoms with Crippen molar-refractivity contribution in [2.24, 2.45) is 0 Å². The molecule has 50 heavy (non-hydrogen) atoms. The van der Waals surface area contributed by atoms with E-state index in [1.165, 1.54) is 0 Å². The van der Waals surface area contributed by atoms with Crippen molar-refractivity contribution in [3.63, 3.8) is 0 Å². The molecule has 0 fully saturated rings. The Bertz CT molecular complexity index is 2920.